The Morgan fingerprint density at radius 2 is 0.744 bits per heavy atom. The molecule has 21 rings (SSSR count). The smallest absolute Gasteiger partial charge is 0.220 e. The van der Waals surface area contributed by atoms with Crippen molar-refractivity contribution in [1.82, 2.24) is 4.57 Å². The van der Waals surface area contributed by atoms with Crippen LogP contribution < -0.4 is 22.8 Å². The highest BCUT2D eigenvalue weighted by Gasteiger charge is 2.37. The van der Waals surface area contributed by atoms with Gasteiger partial charge in [0.05, 0.1) is 62.3 Å². The number of para-hydroxylation sites is 1. The van der Waals surface area contributed by atoms with Crippen LogP contribution in [0.1, 0.15) is 107 Å². The van der Waals surface area contributed by atoms with Crippen molar-refractivity contribution in [1.29, 1.82) is 0 Å². The normalized spacial score (nSPS) is 12.2. The standard InChI is InChI=1S/C27H27N2.C27H26N.C20H18NO.C20H18NS.C19H20N/c1-17(2)29-25-9-7-6-8-22(25)24-15-19(4)23(16-26(24)29)27-21-11-10-18(3)14-20(21)12-13-28(27)5;1-17-10-11-20-19(14-17)12-13-28(5)26(20)22-16-25-23(15-18(22)2)21-8-6-7-9-24(21)27(25,3)4;2*1-13-4-5-17-15(10-13)6-8-21(3)20(17)18-12-19-16(7-9-22-19)11-14(18)2;1-13-8-9-18-16(12-13)10-11-20(4)19(18)17-7-5-6-14(2)15(17)3/h6-17H,1-5H3;6-16H,1-5H3;2*4-12H,1-3H3;5-12H,1-4H3/q5*+1/i;;;;5D. The minimum atomic E-state index is 0.0219. The summed E-state index contributed by atoms with van der Waals surface area (Å²) in [5, 5.41) is 20.2. The van der Waals surface area contributed by atoms with Gasteiger partial charge in [-0.2, -0.15) is 0 Å². The van der Waals surface area contributed by atoms with Crippen molar-refractivity contribution in [2.24, 2.45) is 35.2 Å². The minimum Gasteiger partial charge on any atom is -0.464 e. The molecule has 8 heteroatoms. The van der Waals surface area contributed by atoms with Gasteiger partial charge in [0.1, 0.15) is 40.8 Å². The van der Waals surface area contributed by atoms with Crippen LogP contribution in [-0.2, 0) is 40.7 Å². The molecule has 0 radical (unpaired) electrons. The third-order valence-corrected chi connectivity index (χ3v) is 26.2. The largest absolute Gasteiger partial charge is 0.464 e. The first-order chi connectivity index (χ1) is 58.6. The highest BCUT2D eigenvalue weighted by molar-refractivity contribution is 7.17. The van der Waals surface area contributed by atoms with Gasteiger partial charge in [0.2, 0.25) is 28.5 Å². The van der Waals surface area contributed by atoms with Crippen LogP contribution in [0.25, 0.3) is 164 Å². The number of hydrogen-bond acceptors (Lipinski definition) is 2. The topological polar surface area (TPSA) is 37.5 Å². The number of nitrogens with zero attached hydrogens (tertiary/aromatic N) is 6. The zero-order valence-corrected chi connectivity index (χ0v) is 74.5. The Morgan fingerprint density at radius 3 is 1.24 bits per heavy atom. The van der Waals surface area contributed by atoms with E-state index in [4.69, 9.17) is 5.79 Å². The van der Waals surface area contributed by atoms with Gasteiger partial charge in [-0.25, -0.2) is 22.8 Å². The average molecular weight is 1600 g/mol. The molecule has 0 atom stereocenters. The number of thiophene rings is 1. The molecule has 0 aliphatic heterocycles. The molecule has 0 unspecified atom stereocenters. The molecular formula is C113H109N6OS+5. The van der Waals surface area contributed by atoms with Crippen molar-refractivity contribution >= 4 is 108 Å². The summed E-state index contributed by atoms with van der Waals surface area (Å²) < 4.78 is 28.5. The number of benzene rings is 12. The van der Waals surface area contributed by atoms with Crippen molar-refractivity contribution in [3.8, 4) is 67.4 Å². The van der Waals surface area contributed by atoms with Crippen molar-refractivity contribution < 1.29 is 28.6 Å². The molecule has 0 saturated carbocycles. The van der Waals surface area contributed by atoms with Gasteiger partial charge in [-0.15, -0.1) is 11.3 Å². The van der Waals surface area contributed by atoms with E-state index >= 15 is 0 Å². The van der Waals surface area contributed by atoms with Crippen molar-refractivity contribution in [2.45, 2.75) is 115 Å². The van der Waals surface area contributed by atoms with Crippen LogP contribution in [0, 0.1) is 76.2 Å². The lowest BCUT2D eigenvalue weighted by molar-refractivity contribution is -0.659. The number of hydrogen-bond donors (Lipinski definition) is 0. The number of pyridine rings is 5. The maximum absolute atomic E-state index is 8.03. The van der Waals surface area contributed by atoms with E-state index in [9.17, 15) is 0 Å². The lowest BCUT2D eigenvalue weighted by Gasteiger charge is -2.22. The summed E-state index contributed by atoms with van der Waals surface area (Å²) in [4.78, 5) is 0. The molecule has 8 aromatic heterocycles. The van der Waals surface area contributed by atoms with E-state index in [2.05, 4.69) is 427 Å². The Kier molecular flexibility index (Phi) is 21.1. The van der Waals surface area contributed by atoms with Crippen LogP contribution in [-0.4, -0.2) is 4.57 Å². The maximum atomic E-state index is 8.03. The maximum Gasteiger partial charge on any atom is 0.220 e. The molecule has 121 heavy (non-hydrogen) atoms. The Labute approximate surface area is 718 Å². The van der Waals surface area contributed by atoms with Gasteiger partial charge in [-0.3, -0.25) is 0 Å². The molecule has 0 amide bonds. The van der Waals surface area contributed by atoms with Crippen LogP contribution in [0.5, 0.6) is 0 Å². The Morgan fingerprint density at radius 1 is 0.322 bits per heavy atom. The van der Waals surface area contributed by atoms with E-state index in [1.54, 1.807) is 6.26 Å². The van der Waals surface area contributed by atoms with Gasteiger partial charge in [-0.1, -0.05) is 163 Å². The molecule has 12 aromatic carbocycles. The zero-order valence-electron chi connectivity index (χ0n) is 74.7. The molecule has 0 fully saturated rings. The lowest BCUT2D eigenvalue weighted by Crippen LogP contribution is -2.31. The van der Waals surface area contributed by atoms with E-state index in [0.29, 0.717) is 12.1 Å². The van der Waals surface area contributed by atoms with Crippen LogP contribution in [0.2, 0.25) is 0 Å². The SMILES string of the molecule is Cc1ccc2c(-c3cc4c(cc3C)-c3ccccc3C4(C)C)[n+](C)ccc2c1.Cc1ccc2c(-c3cc4c(cc3C)c3ccccc3n4C(C)C)[n+](C)ccc2c1.Cc1ccc2c(-c3cc4occc4cc3C)[n+](C)ccc2c1.Cc1ccc2c(-c3cc4sccc4cc3C)[n+](C)ccc2c1.[2H]c1cc(C)c(C)c(-c2c3ccc(C)cc3cc[n+]2C)c1. The fourth-order valence-electron chi connectivity index (χ4n) is 18.9. The van der Waals surface area contributed by atoms with Crippen molar-refractivity contribution in [3.63, 3.8) is 0 Å². The molecule has 0 saturated heterocycles. The quantitative estimate of drug-likeness (QED) is 0.153. The first kappa shape index (κ1) is 79.1. The molecule has 0 bridgehead atoms. The van der Waals surface area contributed by atoms with Gasteiger partial charge in [-0.05, 0) is 280 Å². The predicted octanol–water partition coefficient (Wildman–Crippen LogP) is 27.0. The molecule has 7 nitrogen and oxygen atoms in total. The number of rotatable bonds is 6. The molecule has 1 aliphatic rings. The van der Waals surface area contributed by atoms with Crippen LogP contribution in [0.3, 0.4) is 0 Å². The van der Waals surface area contributed by atoms with Crippen LogP contribution in [0.4, 0.5) is 0 Å². The Bertz CT molecular complexity index is 7450. The van der Waals surface area contributed by atoms with Gasteiger partial charge in [0, 0.05) is 73.7 Å². The van der Waals surface area contributed by atoms with E-state index < -0.39 is 0 Å². The molecule has 1 aliphatic carbocycles. The molecular weight excluding hydrogens is 1490 g/mol. The Hall–Kier alpha value is -13.0. The number of aryl methyl sites for hydroxylation is 15. The van der Waals surface area contributed by atoms with Gasteiger partial charge in [0.25, 0.3) is 0 Å². The molecule has 0 N–H and O–H groups in total. The number of furan rings is 1. The second-order valence-corrected chi connectivity index (χ2v) is 35.8. The summed E-state index contributed by atoms with van der Waals surface area (Å²) in [5.74, 6) is 0. The van der Waals surface area contributed by atoms with Gasteiger partial charge >= 0.3 is 0 Å². The summed E-state index contributed by atoms with van der Waals surface area (Å²) in [7, 11) is 10.6. The summed E-state index contributed by atoms with van der Waals surface area (Å²) in [6, 6.07) is 89.7. The molecule has 8 heterocycles. The number of fused-ring (bicyclic) bond motifs is 13. The van der Waals surface area contributed by atoms with E-state index in [1.165, 1.54) is 220 Å². The predicted molar refractivity (Wildman–Crippen MR) is 511 cm³/mol. The van der Waals surface area contributed by atoms with Crippen LogP contribution >= 0.6 is 11.3 Å². The van der Waals surface area contributed by atoms with Crippen molar-refractivity contribution in [3.05, 3.63) is 364 Å². The average Bonchev–Trinajstić information content (AvgIpc) is 1.57. The monoisotopic (exact) mass is 1600 g/mol. The van der Waals surface area contributed by atoms with E-state index in [-0.39, 0.29) is 5.41 Å². The fourth-order valence-corrected chi connectivity index (χ4v) is 19.7. The van der Waals surface area contributed by atoms with Crippen LogP contribution in [0.15, 0.2) is 296 Å². The lowest BCUT2D eigenvalue weighted by atomic mass is 9.81. The summed E-state index contributed by atoms with van der Waals surface area (Å²) >= 11 is 1.81. The number of aromatic nitrogens is 6. The summed E-state index contributed by atoms with van der Waals surface area (Å²) in [6.45, 7) is 33.0. The van der Waals surface area contributed by atoms with Gasteiger partial charge in [0.15, 0.2) is 31.0 Å². The van der Waals surface area contributed by atoms with E-state index in [0.717, 1.165) is 16.5 Å². The Balaban J connectivity index is 0.000000109. The summed E-state index contributed by atoms with van der Waals surface area (Å²) in [5.41, 5.74) is 35.9. The first-order valence-corrected chi connectivity index (χ1v) is 43.2. The second-order valence-electron chi connectivity index (χ2n) is 34.8. The second kappa shape index (κ2) is 32.3. The zero-order chi connectivity index (χ0) is 85.6. The first-order valence-electron chi connectivity index (χ1n) is 42.9. The van der Waals surface area contributed by atoms with Gasteiger partial charge < -0.3 is 8.98 Å². The third-order valence-electron chi connectivity index (χ3n) is 25.4. The third kappa shape index (κ3) is 14.9. The summed E-state index contributed by atoms with van der Waals surface area (Å²) in [6.07, 6.45) is 12.5. The minimum absolute atomic E-state index is 0.0219. The van der Waals surface area contributed by atoms with E-state index in [1.807, 2.05) is 29.5 Å². The molecule has 0 spiro atoms. The highest BCUT2D eigenvalue weighted by atomic mass is 32.1. The molecule has 598 valence electrons. The highest BCUT2D eigenvalue weighted by Crippen LogP contribution is 2.51. The fraction of sp³-hybridized carbons (Fsp3) is 0.195. The van der Waals surface area contributed by atoms with Crippen molar-refractivity contribution in [2.75, 3.05) is 0 Å². The molecule has 20 aromatic rings.